The molecular weight excluding hydrogens is 482 g/mol. The van der Waals surface area contributed by atoms with Gasteiger partial charge in [-0.15, -0.1) is 0 Å². The van der Waals surface area contributed by atoms with E-state index in [1.54, 1.807) is 22.8 Å². The summed E-state index contributed by atoms with van der Waals surface area (Å²) in [5.74, 6) is 0.743. The summed E-state index contributed by atoms with van der Waals surface area (Å²) in [4.78, 5) is 11.4. The van der Waals surface area contributed by atoms with Crippen molar-refractivity contribution >= 4 is 48.9 Å². The molecule has 0 aliphatic carbocycles. The molecule has 186 valence electrons. The lowest BCUT2D eigenvalue weighted by Gasteiger charge is -2.29. The van der Waals surface area contributed by atoms with Gasteiger partial charge >= 0.3 is 0 Å². The Balaban J connectivity index is 1.32. The van der Waals surface area contributed by atoms with Crippen LogP contribution in [-0.2, 0) is 23.0 Å². The molecule has 6 rings (SSSR count). The third-order valence-electron chi connectivity index (χ3n) is 6.92. The molecule has 1 aliphatic rings. The maximum Gasteiger partial charge on any atom is 0.244 e. The molecule has 0 bridgehead atoms. The van der Waals surface area contributed by atoms with Crippen LogP contribution in [0, 0.1) is 0 Å². The van der Waals surface area contributed by atoms with Crippen molar-refractivity contribution in [1.29, 1.82) is 0 Å². The van der Waals surface area contributed by atoms with E-state index in [2.05, 4.69) is 15.3 Å². The van der Waals surface area contributed by atoms with Gasteiger partial charge in [0.25, 0.3) is 0 Å². The minimum atomic E-state index is -3.71. The summed E-state index contributed by atoms with van der Waals surface area (Å²) in [5, 5.41) is 6.11. The van der Waals surface area contributed by atoms with Gasteiger partial charge in [0.15, 0.2) is 0 Å². The molecule has 2 aromatic heterocycles. The average molecular weight is 510 g/mol. The van der Waals surface area contributed by atoms with Gasteiger partial charge in [-0.25, -0.2) is 13.4 Å². The van der Waals surface area contributed by atoms with Crippen LogP contribution in [0.15, 0.2) is 90.1 Å². The number of pyridine rings is 2. The highest BCUT2D eigenvalue weighted by atomic mass is 32.2. The summed E-state index contributed by atoms with van der Waals surface area (Å²) in [7, 11) is 0.221. The van der Waals surface area contributed by atoms with Gasteiger partial charge in [-0.3, -0.25) is 4.98 Å². The van der Waals surface area contributed by atoms with E-state index in [4.69, 9.17) is 0 Å². The first kappa shape index (κ1) is 23.4. The maximum atomic E-state index is 13.9. The van der Waals surface area contributed by atoms with Gasteiger partial charge in [0.05, 0.1) is 22.3 Å². The number of benzene rings is 3. The van der Waals surface area contributed by atoms with E-state index in [1.807, 2.05) is 85.7 Å². The summed E-state index contributed by atoms with van der Waals surface area (Å²) in [6.07, 6.45) is 4.10. The fraction of sp³-hybridized carbons (Fsp3) is 0.172. The van der Waals surface area contributed by atoms with Crippen molar-refractivity contribution in [2.75, 3.05) is 30.9 Å². The first-order valence-electron chi connectivity index (χ1n) is 12.2. The fourth-order valence-corrected chi connectivity index (χ4v) is 6.70. The lowest BCUT2D eigenvalue weighted by atomic mass is 10.0. The summed E-state index contributed by atoms with van der Waals surface area (Å²) >= 11 is 0. The molecule has 0 radical (unpaired) electrons. The van der Waals surface area contributed by atoms with Gasteiger partial charge in [0.2, 0.25) is 10.0 Å². The van der Waals surface area contributed by atoms with Crippen LogP contribution >= 0.6 is 0 Å². The molecule has 3 heterocycles. The third kappa shape index (κ3) is 4.18. The number of sulfonamides is 1. The first-order chi connectivity index (χ1) is 17.9. The van der Waals surface area contributed by atoms with Crippen LogP contribution in [0.25, 0.3) is 21.7 Å². The number of aromatic nitrogens is 2. The van der Waals surface area contributed by atoms with E-state index in [1.165, 1.54) is 0 Å². The van der Waals surface area contributed by atoms with E-state index in [0.29, 0.717) is 24.4 Å². The Hall–Kier alpha value is -4.01. The van der Waals surface area contributed by atoms with Crippen molar-refractivity contribution in [2.45, 2.75) is 17.9 Å². The van der Waals surface area contributed by atoms with Gasteiger partial charge in [-0.2, -0.15) is 4.31 Å². The standard InChI is InChI=1S/C29H27N5O2S/c1-33(2)27-11-5-9-25-24(27)8-6-12-28(25)37(35,36)34-16-14-23-21(19-34)13-15-30-29(23)32-22-17-20-7-3-4-10-26(20)31-18-22/h3-13,15,17-18H,14,16,19H2,1-2H3,(H,30,32). The largest absolute Gasteiger partial charge is 0.377 e. The number of anilines is 3. The number of rotatable bonds is 5. The molecule has 37 heavy (non-hydrogen) atoms. The highest BCUT2D eigenvalue weighted by molar-refractivity contribution is 7.89. The molecule has 8 heteroatoms. The molecule has 0 saturated carbocycles. The molecule has 5 aromatic rings. The van der Waals surface area contributed by atoms with Gasteiger partial charge in [-0.1, -0.05) is 42.5 Å². The molecule has 0 fully saturated rings. The van der Waals surface area contributed by atoms with Crippen molar-refractivity contribution in [3.63, 3.8) is 0 Å². The van der Waals surface area contributed by atoms with E-state index in [-0.39, 0.29) is 0 Å². The first-order valence-corrected chi connectivity index (χ1v) is 13.6. The highest BCUT2D eigenvalue weighted by Crippen LogP contribution is 2.34. The molecule has 0 spiro atoms. The topological polar surface area (TPSA) is 78.4 Å². The molecular formula is C29H27N5O2S. The van der Waals surface area contributed by atoms with E-state index in [9.17, 15) is 8.42 Å². The number of hydrogen-bond donors (Lipinski definition) is 1. The van der Waals surface area contributed by atoms with Gasteiger partial charge < -0.3 is 10.2 Å². The minimum Gasteiger partial charge on any atom is -0.377 e. The summed E-state index contributed by atoms with van der Waals surface area (Å²) < 4.78 is 29.3. The van der Waals surface area contributed by atoms with Crippen LogP contribution < -0.4 is 10.2 Å². The van der Waals surface area contributed by atoms with Crippen molar-refractivity contribution in [3.8, 4) is 0 Å². The van der Waals surface area contributed by atoms with Crippen molar-refractivity contribution in [2.24, 2.45) is 0 Å². The number of nitrogens with zero attached hydrogens (tertiary/aromatic N) is 4. The summed E-state index contributed by atoms with van der Waals surface area (Å²) in [6.45, 7) is 0.685. The second kappa shape index (κ2) is 9.14. The van der Waals surface area contributed by atoms with Crippen molar-refractivity contribution in [1.82, 2.24) is 14.3 Å². The molecule has 7 nitrogen and oxygen atoms in total. The Morgan fingerprint density at radius 3 is 2.59 bits per heavy atom. The van der Waals surface area contributed by atoms with Crippen LogP contribution in [0.3, 0.4) is 0 Å². The zero-order valence-electron chi connectivity index (χ0n) is 20.7. The van der Waals surface area contributed by atoms with E-state index >= 15 is 0 Å². The number of para-hydroxylation sites is 1. The predicted molar refractivity (Wildman–Crippen MR) is 149 cm³/mol. The van der Waals surface area contributed by atoms with Crippen LogP contribution in [0.1, 0.15) is 11.1 Å². The lowest BCUT2D eigenvalue weighted by molar-refractivity contribution is 0.391. The summed E-state index contributed by atoms with van der Waals surface area (Å²) in [6, 6.07) is 23.2. The molecule has 0 amide bonds. The Labute approximate surface area is 216 Å². The number of nitrogens with one attached hydrogen (secondary N) is 1. The Kier molecular flexibility index (Phi) is 5.78. The van der Waals surface area contributed by atoms with Gasteiger partial charge in [-0.05, 0) is 42.3 Å². The second-order valence-corrected chi connectivity index (χ2v) is 11.4. The van der Waals surface area contributed by atoms with Crippen LogP contribution in [-0.4, -0.2) is 43.3 Å². The molecule has 3 aromatic carbocycles. The lowest BCUT2D eigenvalue weighted by Crippen LogP contribution is -2.36. The zero-order valence-corrected chi connectivity index (χ0v) is 21.5. The van der Waals surface area contributed by atoms with Gasteiger partial charge in [0, 0.05) is 60.8 Å². The quantitative estimate of drug-likeness (QED) is 0.345. The van der Waals surface area contributed by atoms with Crippen LogP contribution in [0.4, 0.5) is 17.2 Å². The Bertz CT molecular complexity index is 1750. The minimum absolute atomic E-state index is 0.300. The van der Waals surface area contributed by atoms with E-state index < -0.39 is 10.0 Å². The van der Waals surface area contributed by atoms with Crippen LogP contribution in [0.5, 0.6) is 0 Å². The Morgan fingerprint density at radius 1 is 0.919 bits per heavy atom. The number of hydrogen-bond acceptors (Lipinski definition) is 6. The zero-order chi connectivity index (χ0) is 25.6. The average Bonchev–Trinajstić information content (AvgIpc) is 2.92. The third-order valence-corrected chi connectivity index (χ3v) is 8.83. The fourth-order valence-electron chi connectivity index (χ4n) is 5.07. The summed E-state index contributed by atoms with van der Waals surface area (Å²) in [5.41, 5.74) is 4.76. The molecule has 1 aliphatic heterocycles. The highest BCUT2D eigenvalue weighted by Gasteiger charge is 2.31. The van der Waals surface area contributed by atoms with E-state index in [0.717, 1.165) is 50.0 Å². The predicted octanol–water partition coefficient (Wildman–Crippen LogP) is 5.34. The van der Waals surface area contributed by atoms with Crippen molar-refractivity contribution < 1.29 is 8.42 Å². The molecule has 0 saturated heterocycles. The second-order valence-electron chi connectivity index (χ2n) is 9.45. The number of fused-ring (bicyclic) bond motifs is 3. The van der Waals surface area contributed by atoms with Crippen molar-refractivity contribution in [3.05, 3.63) is 96.3 Å². The van der Waals surface area contributed by atoms with Gasteiger partial charge in [0.1, 0.15) is 5.82 Å². The molecule has 0 atom stereocenters. The normalized spacial score (nSPS) is 14.0. The molecule has 1 N–H and O–H groups in total. The van der Waals surface area contributed by atoms with Crippen LogP contribution in [0.2, 0.25) is 0 Å². The molecule has 0 unspecified atom stereocenters. The monoisotopic (exact) mass is 509 g/mol. The maximum absolute atomic E-state index is 13.9. The SMILES string of the molecule is CN(C)c1cccc2c(S(=O)(=O)N3CCc4c(ccnc4Nc4cnc5ccccc5c4)C3)cccc12. The smallest absolute Gasteiger partial charge is 0.244 e. The Morgan fingerprint density at radius 2 is 1.73 bits per heavy atom.